The smallest absolute Gasteiger partial charge is 0.224 e. The Balaban J connectivity index is 1.87. The number of fused-ring (bicyclic) bond motifs is 1. The maximum absolute atomic E-state index is 10.3. The minimum atomic E-state index is -0.267. The first kappa shape index (κ1) is 19.3. The SMILES string of the molecule is COCCCNc1nc(C)c(C(N)=S)c(NC2(C)CCC3C(O)C32C)n1. The summed E-state index contributed by atoms with van der Waals surface area (Å²) in [6, 6.07) is 0. The van der Waals surface area contributed by atoms with Crippen LogP contribution in [0.1, 0.15) is 44.4 Å². The molecule has 1 aromatic rings. The molecule has 1 heterocycles. The van der Waals surface area contributed by atoms with Crippen molar-refractivity contribution < 1.29 is 9.84 Å². The van der Waals surface area contributed by atoms with Gasteiger partial charge in [-0.2, -0.15) is 4.98 Å². The molecular weight excluding hydrogens is 350 g/mol. The number of thiocarbonyl (C=S) groups is 1. The highest BCUT2D eigenvalue weighted by Crippen LogP contribution is 2.68. The van der Waals surface area contributed by atoms with Gasteiger partial charge in [0.15, 0.2) is 0 Å². The number of hydrogen-bond acceptors (Lipinski definition) is 7. The molecule has 0 spiro atoms. The third-order valence-corrected chi connectivity index (χ3v) is 6.54. The fraction of sp³-hybridized carbons (Fsp3) is 0.722. The molecule has 1 aromatic heterocycles. The molecule has 3 rings (SSSR count). The summed E-state index contributed by atoms with van der Waals surface area (Å²) in [5.74, 6) is 1.53. The highest BCUT2D eigenvalue weighted by atomic mass is 32.1. The summed E-state index contributed by atoms with van der Waals surface area (Å²) in [7, 11) is 1.68. The van der Waals surface area contributed by atoms with Crippen LogP contribution < -0.4 is 16.4 Å². The number of nitrogens with one attached hydrogen (secondary N) is 2. The first-order chi connectivity index (χ1) is 12.2. The number of nitrogens with zero attached hydrogens (tertiary/aromatic N) is 2. The van der Waals surface area contributed by atoms with Gasteiger partial charge in [-0.1, -0.05) is 19.1 Å². The Kier molecular flexibility index (Phi) is 5.11. The van der Waals surface area contributed by atoms with Gasteiger partial charge >= 0.3 is 0 Å². The van der Waals surface area contributed by atoms with Crippen molar-refractivity contribution in [3.05, 3.63) is 11.3 Å². The van der Waals surface area contributed by atoms with E-state index in [0.717, 1.165) is 31.5 Å². The molecule has 2 saturated carbocycles. The lowest BCUT2D eigenvalue weighted by Gasteiger charge is -2.36. The molecule has 0 bridgehead atoms. The molecule has 5 N–H and O–H groups in total. The van der Waals surface area contributed by atoms with Crippen molar-refractivity contribution in [3.8, 4) is 0 Å². The fourth-order valence-corrected chi connectivity index (χ4v) is 4.64. The number of ether oxygens (including phenoxy) is 1. The largest absolute Gasteiger partial charge is 0.392 e. The van der Waals surface area contributed by atoms with E-state index >= 15 is 0 Å². The van der Waals surface area contributed by atoms with Crippen molar-refractivity contribution in [1.82, 2.24) is 9.97 Å². The van der Waals surface area contributed by atoms with Gasteiger partial charge in [0.1, 0.15) is 10.8 Å². The maximum atomic E-state index is 10.3. The number of anilines is 2. The van der Waals surface area contributed by atoms with Gasteiger partial charge in [-0.25, -0.2) is 4.98 Å². The van der Waals surface area contributed by atoms with Gasteiger partial charge in [0.05, 0.1) is 17.4 Å². The first-order valence-electron chi connectivity index (χ1n) is 9.12. The molecule has 8 heteroatoms. The van der Waals surface area contributed by atoms with E-state index in [0.29, 0.717) is 29.9 Å². The summed E-state index contributed by atoms with van der Waals surface area (Å²) in [5.41, 5.74) is 6.96. The van der Waals surface area contributed by atoms with Crippen LogP contribution in [0.15, 0.2) is 0 Å². The summed E-state index contributed by atoms with van der Waals surface area (Å²) in [6.45, 7) is 7.57. The normalized spacial score (nSPS) is 32.2. The molecule has 0 radical (unpaired) electrons. The molecule has 2 aliphatic rings. The lowest BCUT2D eigenvalue weighted by Crippen LogP contribution is -2.44. The summed E-state index contributed by atoms with van der Waals surface area (Å²) in [5, 5.41) is 17.1. The lowest BCUT2D eigenvalue weighted by molar-refractivity contribution is 0.172. The molecule has 0 aromatic carbocycles. The number of methoxy groups -OCH3 is 1. The predicted octanol–water partition coefficient (Wildman–Crippen LogP) is 1.83. The van der Waals surface area contributed by atoms with E-state index in [1.807, 2.05) is 6.92 Å². The number of aromatic nitrogens is 2. The van der Waals surface area contributed by atoms with Gasteiger partial charge in [0.2, 0.25) is 5.95 Å². The van der Waals surface area contributed by atoms with E-state index < -0.39 is 0 Å². The molecule has 26 heavy (non-hydrogen) atoms. The van der Waals surface area contributed by atoms with Crippen molar-refractivity contribution in [2.24, 2.45) is 17.1 Å². The van der Waals surface area contributed by atoms with Crippen molar-refractivity contribution in [2.45, 2.75) is 51.7 Å². The minimum Gasteiger partial charge on any atom is -0.392 e. The second kappa shape index (κ2) is 6.90. The van der Waals surface area contributed by atoms with Gasteiger partial charge in [0, 0.05) is 31.2 Å². The first-order valence-corrected chi connectivity index (χ1v) is 9.53. The Hall–Kier alpha value is -1.51. The number of nitrogens with two attached hydrogens (primary N) is 1. The molecule has 2 fully saturated rings. The molecule has 2 aliphatic carbocycles. The number of hydrogen-bond donors (Lipinski definition) is 4. The van der Waals surface area contributed by atoms with Crippen LogP contribution in [0.5, 0.6) is 0 Å². The summed E-state index contributed by atoms with van der Waals surface area (Å²) in [4.78, 5) is 9.41. The number of aryl methyl sites for hydroxylation is 1. The average Bonchev–Trinajstić information content (AvgIpc) is 2.99. The van der Waals surface area contributed by atoms with Crippen LogP contribution in [0, 0.1) is 18.3 Å². The van der Waals surface area contributed by atoms with Crippen LogP contribution in [0.2, 0.25) is 0 Å². The van der Waals surface area contributed by atoms with Crippen LogP contribution in [0.4, 0.5) is 11.8 Å². The minimum absolute atomic E-state index is 0.147. The van der Waals surface area contributed by atoms with Gasteiger partial charge in [0.25, 0.3) is 0 Å². The fourth-order valence-electron chi connectivity index (χ4n) is 4.40. The Morgan fingerprint density at radius 3 is 2.73 bits per heavy atom. The van der Waals surface area contributed by atoms with Crippen LogP contribution >= 0.6 is 12.2 Å². The van der Waals surface area contributed by atoms with Crippen molar-refractivity contribution in [2.75, 3.05) is 30.9 Å². The van der Waals surface area contributed by atoms with E-state index in [4.69, 9.17) is 22.7 Å². The zero-order chi connectivity index (χ0) is 19.1. The molecule has 4 atom stereocenters. The number of aliphatic hydroxyl groups excluding tert-OH is 1. The second-order valence-electron chi connectivity index (χ2n) is 7.82. The average molecular weight is 380 g/mol. The zero-order valence-corrected chi connectivity index (χ0v) is 16.7. The topological polar surface area (TPSA) is 105 Å². The van der Waals surface area contributed by atoms with E-state index in [1.165, 1.54) is 0 Å². The third-order valence-electron chi connectivity index (χ3n) is 6.34. The maximum Gasteiger partial charge on any atom is 0.224 e. The summed E-state index contributed by atoms with van der Waals surface area (Å²) >= 11 is 5.24. The van der Waals surface area contributed by atoms with E-state index in [1.54, 1.807) is 7.11 Å². The molecule has 0 saturated heterocycles. The molecule has 0 aliphatic heterocycles. The van der Waals surface area contributed by atoms with Crippen molar-refractivity contribution in [1.29, 1.82) is 0 Å². The summed E-state index contributed by atoms with van der Waals surface area (Å²) < 4.78 is 5.07. The molecule has 0 amide bonds. The van der Waals surface area contributed by atoms with E-state index in [-0.39, 0.29) is 22.0 Å². The Labute approximate surface area is 160 Å². The van der Waals surface area contributed by atoms with Crippen molar-refractivity contribution >= 4 is 29.0 Å². The van der Waals surface area contributed by atoms with E-state index in [9.17, 15) is 5.11 Å². The van der Waals surface area contributed by atoms with Gasteiger partial charge in [-0.05, 0) is 39.0 Å². The van der Waals surface area contributed by atoms with Crippen molar-refractivity contribution in [3.63, 3.8) is 0 Å². The van der Waals surface area contributed by atoms with Gasteiger partial charge < -0.3 is 26.2 Å². The van der Waals surface area contributed by atoms with Crippen LogP contribution in [-0.2, 0) is 4.74 Å². The van der Waals surface area contributed by atoms with Crippen LogP contribution in [0.25, 0.3) is 0 Å². The van der Waals surface area contributed by atoms with Crippen LogP contribution in [0.3, 0.4) is 0 Å². The Bertz CT molecular complexity index is 715. The number of aliphatic hydroxyl groups is 1. The van der Waals surface area contributed by atoms with Gasteiger partial charge in [-0.15, -0.1) is 0 Å². The zero-order valence-electron chi connectivity index (χ0n) is 15.9. The summed E-state index contributed by atoms with van der Waals surface area (Å²) in [6.07, 6.45) is 2.58. The second-order valence-corrected chi connectivity index (χ2v) is 8.26. The number of rotatable bonds is 8. The Morgan fingerprint density at radius 1 is 1.42 bits per heavy atom. The standard InChI is InChI=1S/C18H29N5O2S/c1-10-12(14(19)26)15(22-16(21-10)20-8-5-9-25-4)23-17(2)7-6-11-13(24)18(11,17)3/h11,13,24H,5-9H2,1-4H3,(H2,19,26)(H2,20,21,22,23). The predicted molar refractivity (Wildman–Crippen MR) is 107 cm³/mol. The monoisotopic (exact) mass is 379 g/mol. The van der Waals surface area contributed by atoms with Crippen LogP contribution in [-0.4, -0.2) is 52.0 Å². The molecular formula is C18H29N5O2S. The van der Waals surface area contributed by atoms with E-state index in [2.05, 4.69) is 34.4 Å². The molecule has 7 nitrogen and oxygen atoms in total. The molecule has 4 unspecified atom stereocenters. The molecule has 144 valence electrons. The van der Waals surface area contributed by atoms with Gasteiger partial charge in [-0.3, -0.25) is 0 Å². The Morgan fingerprint density at radius 2 is 2.15 bits per heavy atom. The highest BCUT2D eigenvalue weighted by Gasteiger charge is 2.73. The highest BCUT2D eigenvalue weighted by molar-refractivity contribution is 7.80. The third kappa shape index (κ3) is 3.04. The lowest BCUT2D eigenvalue weighted by atomic mass is 9.84. The quantitative estimate of drug-likeness (QED) is 0.400.